The van der Waals surface area contributed by atoms with E-state index < -0.39 is 34.2 Å². The van der Waals surface area contributed by atoms with Crippen LogP contribution in [0.1, 0.15) is 266 Å². The molecule has 119 heavy (non-hydrogen) atoms. The van der Waals surface area contributed by atoms with Gasteiger partial charge in [0.15, 0.2) is 34.9 Å². The van der Waals surface area contributed by atoms with E-state index in [0.29, 0.717) is 103 Å². The maximum atomic E-state index is 12.5. The molecule has 2 aliphatic rings. The topological polar surface area (TPSA) is 440 Å². The molecule has 2 aromatic carbocycles. The Balaban J connectivity index is 0.000000410. The van der Waals surface area contributed by atoms with Gasteiger partial charge in [0.05, 0.1) is 31.2 Å². The smallest absolute Gasteiger partial charge is 0.410 e. The van der Waals surface area contributed by atoms with Crippen LogP contribution >= 0.6 is 11.8 Å². The molecular weight excluding hydrogens is 1540 g/mol. The lowest BCUT2D eigenvalue weighted by Crippen LogP contribution is -2.34. The summed E-state index contributed by atoms with van der Waals surface area (Å²) in [6.45, 7) is 49.7. The molecule has 1 aliphatic heterocycles. The van der Waals surface area contributed by atoms with Gasteiger partial charge in [0.1, 0.15) is 24.4 Å². The second-order valence-corrected chi connectivity index (χ2v) is 37.2. The molecule has 1 unspecified atom stereocenters. The summed E-state index contributed by atoms with van der Waals surface area (Å²) in [5.41, 5.74) is 8.04. The van der Waals surface area contributed by atoms with Crippen molar-refractivity contribution in [3.63, 3.8) is 0 Å². The SMILES string of the molecule is CC.CC.CC(C)(C)CC(=O)OC/C=C\c1nnc(-c2ccc(NC(=O)C(C)(C)C)cc2)nn1.CC(C)(C)CC(=O)OCC1=C(c2nnc(-c3ccc(NC(=O)C(C)(C)C)cc3)nn2)CCCC1.CN(Cc1nnc(CCCN)nn1)C(=O)OC(C)(C)C.CN(Cc1nnc(CCCN2C(=O)CC(SC(C)(C)C)C2=O)nn1)C(=O)OC(C)(C)C. The number of imide groups is 1. The number of rotatable bonds is 24. The Hall–Kier alpha value is -10.4. The molecule has 0 radical (unpaired) electrons. The number of hydrogen-bond donors (Lipinski definition) is 3. The number of hydrogen-bond acceptors (Lipinski definition) is 30. The molecule has 1 atom stereocenters. The molecule has 0 spiro atoms. The van der Waals surface area contributed by atoms with Crippen molar-refractivity contribution in [1.29, 1.82) is 0 Å². The lowest BCUT2D eigenvalue weighted by molar-refractivity contribution is -0.145. The Morgan fingerprint density at radius 1 is 0.513 bits per heavy atom. The number of benzene rings is 2. The molecule has 6 aromatic rings. The standard InChI is InChI=1S/C26H35N5O3.C22H29N5O3.C20H32N6O4S.C12H22N6O2.2C2H6/c1-25(2,3)15-21(32)34-16-18-9-7-8-10-20(18)23-30-28-22(29-31-23)17-11-13-19(14-12-17)27-24(33)26(4,5)6;1-21(2,3)14-18(28)30-13-7-8-17-24-26-19(27-25-17)15-9-11-16(12-10-15)23-20(29)22(4,5)6;1-19(2,3)30-18(29)25(7)12-15-23-21-14(22-24-15)9-8-10-26-16(27)11-13(17(26)28)31-20(4,5)6;1-12(2,3)20-11(19)18(4)8-10-16-14-9(15-17-10)6-5-7-13;2*1-2/h11-14H,7-10,15-16H2,1-6H3,(H,27,33);7-12H,13-14H2,1-6H3,(H,23,29);13H,8-12H2,1-7H3;5-8,13H2,1-4H3;2*1-2H3/b;8-7-;;;;. The van der Waals surface area contributed by atoms with Gasteiger partial charge >= 0.3 is 24.1 Å². The predicted molar refractivity (Wildman–Crippen MR) is 458 cm³/mol. The molecule has 0 saturated carbocycles. The number of carbonyl (C=O) groups excluding carboxylic acids is 8. The summed E-state index contributed by atoms with van der Waals surface area (Å²) in [6, 6.07) is 14.4. The van der Waals surface area contributed by atoms with E-state index in [2.05, 4.69) is 92.2 Å². The molecule has 34 nitrogen and oxygen atoms in total. The van der Waals surface area contributed by atoms with Crippen LogP contribution in [-0.2, 0) is 73.6 Å². The van der Waals surface area contributed by atoms with Crippen molar-refractivity contribution in [3.05, 3.63) is 95.1 Å². The van der Waals surface area contributed by atoms with Gasteiger partial charge in [0, 0.05) is 83.6 Å². The van der Waals surface area contributed by atoms with Crippen molar-refractivity contribution in [1.82, 2.24) is 96.3 Å². The van der Waals surface area contributed by atoms with Crippen molar-refractivity contribution in [2.75, 3.05) is 51.0 Å². The van der Waals surface area contributed by atoms with Crippen LogP contribution < -0.4 is 16.4 Å². The number of amides is 6. The highest BCUT2D eigenvalue weighted by atomic mass is 32.2. The maximum Gasteiger partial charge on any atom is 0.410 e. The first-order chi connectivity index (χ1) is 55.4. The van der Waals surface area contributed by atoms with Crippen LogP contribution in [-0.4, -0.2) is 206 Å². The van der Waals surface area contributed by atoms with E-state index in [1.807, 2.05) is 177 Å². The van der Waals surface area contributed by atoms with Crippen LogP contribution in [0.15, 0.2) is 60.2 Å². The Kier molecular flexibility index (Phi) is 41.4. The average Bonchev–Trinajstić information content (AvgIpc) is 1.80. The van der Waals surface area contributed by atoms with E-state index >= 15 is 0 Å². The summed E-state index contributed by atoms with van der Waals surface area (Å²) in [5, 5.41) is 70.7. The normalized spacial score (nSPS) is 13.7. The molecule has 8 rings (SSSR count). The zero-order chi connectivity index (χ0) is 89.9. The third kappa shape index (κ3) is 40.7. The van der Waals surface area contributed by atoms with Gasteiger partial charge in [0.2, 0.25) is 35.3 Å². The first kappa shape index (κ1) is 103. The fourth-order valence-corrected chi connectivity index (χ4v) is 11.2. The molecule has 0 bridgehead atoms. The molecule has 4 N–H and O–H groups in total. The van der Waals surface area contributed by atoms with Gasteiger partial charge in [-0.2, -0.15) is 0 Å². The monoisotopic (exact) mass is 1670 g/mol. The largest absolute Gasteiger partial charge is 0.461 e. The lowest BCUT2D eigenvalue weighted by Gasteiger charge is -2.24. The van der Waals surface area contributed by atoms with Crippen LogP contribution in [0.3, 0.4) is 0 Å². The number of thioether (sulfide) groups is 1. The molecule has 1 saturated heterocycles. The van der Waals surface area contributed by atoms with Gasteiger partial charge in [-0.25, -0.2) is 9.59 Å². The van der Waals surface area contributed by atoms with E-state index in [0.717, 1.165) is 54.4 Å². The lowest BCUT2D eigenvalue weighted by atomic mass is 9.91. The van der Waals surface area contributed by atoms with Gasteiger partial charge < -0.3 is 45.1 Å². The summed E-state index contributed by atoms with van der Waals surface area (Å²) in [4.78, 5) is 101. The van der Waals surface area contributed by atoms with Crippen molar-refractivity contribution in [2.24, 2.45) is 27.4 Å². The number of carbonyl (C=O) groups is 8. The summed E-state index contributed by atoms with van der Waals surface area (Å²) >= 11 is 1.53. The number of nitrogens with two attached hydrogens (primary N) is 1. The van der Waals surface area contributed by atoms with Gasteiger partial charge in [-0.1, -0.05) is 132 Å². The highest BCUT2D eigenvalue weighted by molar-refractivity contribution is 8.01. The summed E-state index contributed by atoms with van der Waals surface area (Å²) in [7, 11) is 3.19. The van der Waals surface area contributed by atoms with Crippen molar-refractivity contribution in [2.45, 2.75) is 278 Å². The molecule has 5 heterocycles. The summed E-state index contributed by atoms with van der Waals surface area (Å²) < 4.78 is 21.1. The minimum absolute atomic E-state index is 0.0511. The van der Waals surface area contributed by atoms with Crippen molar-refractivity contribution < 1.29 is 57.3 Å². The summed E-state index contributed by atoms with van der Waals surface area (Å²) in [6.07, 6.45) is 9.47. The third-order valence-corrected chi connectivity index (χ3v) is 17.1. The van der Waals surface area contributed by atoms with Crippen LogP contribution in [0.2, 0.25) is 0 Å². The van der Waals surface area contributed by atoms with Crippen LogP contribution in [0.5, 0.6) is 0 Å². The fraction of sp³-hybridized carbons (Fsp3) is 0.619. The van der Waals surface area contributed by atoms with E-state index in [-0.39, 0.29) is 89.1 Å². The van der Waals surface area contributed by atoms with Gasteiger partial charge in [-0.15, -0.1) is 93.3 Å². The first-order valence-corrected chi connectivity index (χ1v) is 41.2. The number of allylic oxidation sites excluding steroid dienone is 1. The third-order valence-electron chi connectivity index (χ3n) is 15.7. The highest BCUT2D eigenvalue weighted by Crippen LogP contribution is 2.36. The van der Waals surface area contributed by atoms with Crippen molar-refractivity contribution in [3.8, 4) is 22.8 Å². The fourth-order valence-electron chi connectivity index (χ4n) is 9.92. The van der Waals surface area contributed by atoms with Gasteiger partial charge in [0.25, 0.3) is 0 Å². The van der Waals surface area contributed by atoms with E-state index in [1.54, 1.807) is 71.3 Å². The second kappa shape index (κ2) is 48.0. The van der Waals surface area contributed by atoms with Crippen molar-refractivity contribution >= 4 is 82.5 Å². The van der Waals surface area contributed by atoms with Gasteiger partial charge in [-0.3, -0.25) is 33.7 Å². The quantitative estimate of drug-likeness (QED) is 0.0288. The zero-order valence-electron chi connectivity index (χ0n) is 75.3. The molecular formula is C84H130N22O12S. The van der Waals surface area contributed by atoms with Crippen LogP contribution in [0, 0.1) is 21.7 Å². The van der Waals surface area contributed by atoms with E-state index in [1.165, 1.54) is 26.5 Å². The predicted octanol–water partition coefficient (Wildman–Crippen LogP) is 13.9. The van der Waals surface area contributed by atoms with Crippen LogP contribution in [0.4, 0.5) is 21.0 Å². The molecule has 4 aromatic heterocycles. The van der Waals surface area contributed by atoms with Gasteiger partial charge in [-0.05, 0) is 164 Å². The Morgan fingerprint density at radius 3 is 1.29 bits per heavy atom. The molecule has 1 aliphatic carbocycles. The number of aryl methyl sites for hydroxylation is 2. The van der Waals surface area contributed by atoms with E-state index in [4.69, 9.17) is 24.7 Å². The molecule has 6 amide bonds. The minimum Gasteiger partial charge on any atom is -0.461 e. The number of likely N-dealkylation sites (tertiary alicyclic amines) is 1. The Bertz CT molecular complexity index is 4240. The molecule has 654 valence electrons. The first-order valence-electron chi connectivity index (χ1n) is 40.3. The number of esters is 2. The van der Waals surface area contributed by atoms with Crippen LogP contribution in [0.25, 0.3) is 34.4 Å². The number of ether oxygens (including phenoxy) is 4. The maximum absolute atomic E-state index is 12.5. The minimum atomic E-state index is -0.587. The number of nitrogens with one attached hydrogen (secondary N) is 2. The molecule has 1 fully saturated rings. The second-order valence-electron chi connectivity index (χ2n) is 35.1. The number of nitrogens with zero attached hydrogens (tertiary/aromatic N) is 19. The number of anilines is 2. The zero-order valence-corrected chi connectivity index (χ0v) is 76.1. The summed E-state index contributed by atoms with van der Waals surface area (Å²) in [5.74, 6) is 2.42. The highest BCUT2D eigenvalue weighted by Gasteiger charge is 2.41. The van der Waals surface area contributed by atoms with E-state index in [9.17, 15) is 38.4 Å². The molecule has 35 heteroatoms. The Labute approximate surface area is 707 Å². The number of aromatic nitrogens is 16. The average molecular weight is 1670 g/mol. The Morgan fingerprint density at radius 2 is 0.899 bits per heavy atom.